The maximum absolute atomic E-state index is 12.6. The Morgan fingerprint density at radius 1 is 1.04 bits per heavy atom. The van der Waals surface area contributed by atoms with Gasteiger partial charge in [-0.2, -0.15) is 0 Å². The zero-order valence-electron chi connectivity index (χ0n) is 14.0. The number of carbonyl (C=O) groups excluding carboxylic acids is 1. The van der Waals surface area contributed by atoms with Gasteiger partial charge < -0.3 is 4.74 Å². The van der Waals surface area contributed by atoms with Crippen LogP contribution in [0.5, 0.6) is 0 Å². The summed E-state index contributed by atoms with van der Waals surface area (Å²) in [4.78, 5) is 14.8. The fourth-order valence-corrected chi connectivity index (χ4v) is 3.62. The van der Waals surface area contributed by atoms with Gasteiger partial charge in [0, 0.05) is 16.6 Å². The van der Waals surface area contributed by atoms with Gasteiger partial charge in [-0.1, -0.05) is 53.9 Å². The number of likely N-dealkylation sites (tertiary alicyclic amines) is 1. The molecule has 0 spiro atoms. The minimum Gasteiger partial charge on any atom is -0.460 e. The molecule has 0 aliphatic carbocycles. The number of hydrogen-bond donors (Lipinski definition) is 0. The van der Waals surface area contributed by atoms with Crippen LogP contribution in [0.1, 0.15) is 30.4 Å². The molecule has 0 aromatic heterocycles. The van der Waals surface area contributed by atoms with E-state index in [2.05, 4.69) is 4.90 Å². The summed E-state index contributed by atoms with van der Waals surface area (Å²) in [7, 11) is 0. The van der Waals surface area contributed by atoms with Crippen molar-refractivity contribution in [2.45, 2.75) is 38.5 Å². The van der Waals surface area contributed by atoms with Gasteiger partial charge in [0.2, 0.25) is 0 Å². The van der Waals surface area contributed by atoms with Crippen LogP contribution >= 0.6 is 23.2 Å². The largest absolute Gasteiger partial charge is 0.460 e. The minimum absolute atomic E-state index is 0.165. The highest BCUT2D eigenvalue weighted by atomic mass is 35.5. The lowest BCUT2D eigenvalue weighted by atomic mass is 10.0. The lowest BCUT2D eigenvalue weighted by molar-refractivity contribution is -0.153. The molecule has 0 radical (unpaired) electrons. The van der Waals surface area contributed by atoms with Gasteiger partial charge in [0.1, 0.15) is 12.6 Å². The SMILES string of the molecule is O=C(OCc1cccc(Cl)c1)[C@@H]1CCCCN1Cc1cccc(Cl)c1. The van der Waals surface area contributed by atoms with Crippen molar-refractivity contribution in [2.75, 3.05) is 6.54 Å². The van der Waals surface area contributed by atoms with Crippen LogP contribution in [-0.4, -0.2) is 23.5 Å². The molecular weight excluding hydrogens is 357 g/mol. The van der Waals surface area contributed by atoms with Crippen LogP contribution in [0, 0.1) is 0 Å². The molecular formula is C20H21Cl2NO2. The number of benzene rings is 2. The molecule has 1 aliphatic heterocycles. The van der Waals surface area contributed by atoms with E-state index < -0.39 is 0 Å². The average molecular weight is 378 g/mol. The van der Waals surface area contributed by atoms with Crippen LogP contribution in [0.2, 0.25) is 10.0 Å². The standard InChI is InChI=1S/C20H21Cl2NO2/c21-17-7-3-5-15(11-17)13-23-10-2-1-9-19(23)20(24)25-14-16-6-4-8-18(22)12-16/h3-8,11-12,19H,1-2,9-10,13-14H2/t19-/m0/s1. The van der Waals surface area contributed by atoms with E-state index in [1.807, 2.05) is 42.5 Å². The second-order valence-electron chi connectivity index (χ2n) is 6.35. The predicted octanol–water partition coefficient (Wildman–Crippen LogP) is 5.09. The van der Waals surface area contributed by atoms with Crippen LogP contribution < -0.4 is 0 Å². The van der Waals surface area contributed by atoms with Crippen molar-refractivity contribution in [1.82, 2.24) is 4.90 Å². The van der Waals surface area contributed by atoms with Crippen LogP contribution in [0.25, 0.3) is 0 Å². The monoisotopic (exact) mass is 377 g/mol. The van der Waals surface area contributed by atoms with Crippen molar-refractivity contribution in [1.29, 1.82) is 0 Å². The summed E-state index contributed by atoms with van der Waals surface area (Å²) in [6, 6.07) is 15.0. The molecule has 2 aromatic carbocycles. The fourth-order valence-electron chi connectivity index (χ4n) is 3.19. The Bertz CT molecular complexity index is 735. The van der Waals surface area contributed by atoms with E-state index in [-0.39, 0.29) is 18.6 Å². The highest BCUT2D eigenvalue weighted by Gasteiger charge is 2.30. The zero-order valence-corrected chi connectivity index (χ0v) is 15.5. The quantitative estimate of drug-likeness (QED) is 0.679. The van der Waals surface area contributed by atoms with Crippen molar-refractivity contribution in [3.63, 3.8) is 0 Å². The third-order valence-corrected chi connectivity index (χ3v) is 4.90. The zero-order chi connectivity index (χ0) is 17.6. The Hall–Kier alpha value is -1.55. The second kappa shape index (κ2) is 8.70. The van der Waals surface area contributed by atoms with E-state index in [4.69, 9.17) is 27.9 Å². The van der Waals surface area contributed by atoms with Crippen LogP contribution in [-0.2, 0) is 22.7 Å². The summed E-state index contributed by atoms with van der Waals surface area (Å²) in [5.74, 6) is -0.165. The highest BCUT2D eigenvalue weighted by molar-refractivity contribution is 6.30. The molecule has 25 heavy (non-hydrogen) atoms. The number of carbonyl (C=O) groups is 1. The molecule has 0 amide bonds. The Morgan fingerprint density at radius 3 is 2.44 bits per heavy atom. The Morgan fingerprint density at radius 2 is 1.72 bits per heavy atom. The van der Waals surface area contributed by atoms with Crippen molar-refractivity contribution in [3.8, 4) is 0 Å². The molecule has 5 heteroatoms. The molecule has 0 saturated carbocycles. The highest BCUT2D eigenvalue weighted by Crippen LogP contribution is 2.22. The molecule has 1 aliphatic rings. The first-order chi connectivity index (χ1) is 12.1. The first-order valence-electron chi connectivity index (χ1n) is 8.51. The predicted molar refractivity (Wildman–Crippen MR) is 101 cm³/mol. The fraction of sp³-hybridized carbons (Fsp3) is 0.350. The second-order valence-corrected chi connectivity index (χ2v) is 7.22. The topological polar surface area (TPSA) is 29.5 Å². The molecule has 1 saturated heterocycles. The molecule has 1 heterocycles. The lowest BCUT2D eigenvalue weighted by Gasteiger charge is -2.34. The van der Waals surface area contributed by atoms with E-state index >= 15 is 0 Å². The van der Waals surface area contributed by atoms with Gasteiger partial charge in [0.05, 0.1) is 0 Å². The van der Waals surface area contributed by atoms with Crippen molar-refractivity contribution < 1.29 is 9.53 Å². The molecule has 3 nitrogen and oxygen atoms in total. The number of esters is 1. The van der Waals surface area contributed by atoms with Gasteiger partial charge in [-0.15, -0.1) is 0 Å². The van der Waals surface area contributed by atoms with E-state index in [9.17, 15) is 4.79 Å². The summed E-state index contributed by atoms with van der Waals surface area (Å²) in [6.45, 7) is 1.85. The van der Waals surface area contributed by atoms with Gasteiger partial charge in [-0.05, 0) is 54.8 Å². The third-order valence-electron chi connectivity index (χ3n) is 4.43. The van der Waals surface area contributed by atoms with Gasteiger partial charge in [0.15, 0.2) is 0 Å². The Balaban J connectivity index is 1.62. The molecule has 0 bridgehead atoms. The average Bonchev–Trinajstić information content (AvgIpc) is 2.60. The van der Waals surface area contributed by atoms with E-state index in [1.54, 1.807) is 6.07 Å². The Kier molecular flexibility index (Phi) is 6.35. The van der Waals surface area contributed by atoms with E-state index in [0.717, 1.165) is 42.0 Å². The van der Waals surface area contributed by atoms with Crippen molar-refractivity contribution >= 4 is 29.2 Å². The van der Waals surface area contributed by atoms with E-state index in [0.29, 0.717) is 11.6 Å². The van der Waals surface area contributed by atoms with Crippen molar-refractivity contribution in [3.05, 3.63) is 69.7 Å². The Labute approximate surface area is 158 Å². The number of piperidine rings is 1. The third kappa shape index (κ3) is 5.21. The number of ether oxygens (including phenoxy) is 1. The summed E-state index contributed by atoms with van der Waals surface area (Å²) < 4.78 is 5.55. The number of hydrogen-bond acceptors (Lipinski definition) is 3. The molecule has 1 atom stereocenters. The lowest BCUT2D eigenvalue weighted by Crippen LogP contribution is -2.44. The minimum atomic E-state index is -0.202. The molecule has 0 N–H and O–H groups in total. The maximum atomic E-state index is 12.6. The first kappa shape index (κ1) is 18.2. The normalized spacial score (nSPS) is 18.1. The molecule has 3 rings (SSSR count). The summed E-state index contributed by atoms with van der Waals surface area (Å²) >= 11 is 12.0. The number of rotatable bonds is 5. The van der Waals surface area contributed by atoms with E-state index in [1.165, 1.54) is 0 Å². The number of nitrogens with zero attached hydrogens (tertiary/aromatic N) is 1. The summed E-state index contributed by atoms with van der Waals surface area (Å²) in [5.41, 5.74) is 2.01. The number of halogens is 2. The molecule has 132 valence electrons. The summed E-state index contributed by atoms with van der Waals surface area (Å²) in [6.07, 6.45) is 2.97. The van der Waals surface area contributed by atoms with Gasteiger partial charge >= 0.3 is 5.97 Å². The van der Waals surface area contributed by atoms with Gasteiger partial charge in [-0.25, -0.2) is 0 Å². The molecule has 2 aromatic rings. The molecule has 0 unspecified atom stereocenters. The van der Waals surface area contributed by atoms with Crippen molar-refractivity contribution in [2.24, 2.45) is 0 Å². The van der Waals surface area contributed by atoms with Gasteiger partial charge in [-0.3, -0.25) is 9.69 Å². The van der Waals surface area contributed by atoms with Crippen LogP contribution in [0.3, 0.4) is 0 Å². The maximum Gasteiger partial charge on any atom is 0.323 e. The first-order valence-corrected chi connectivity index (χ1v) is 9.27. The van der Waals surface area contributed by atoms with Crippen LogP contribution in [0.4, 0.5) is 0 Å². The van der Waals surface area contributed by atoms with Gasteiger partial charge in [0.25, 0.3) is 0 Å². The van der Waals surface area contributed by atoms with Crippen LogP contribution in [0.15, 0.2) is 48.5 Å². The molecule has 1 fully saturated rings. The summed E-state index contributed by atoms with van der Waals surface area (Å²) in [5, 5.41) is 1.36. The smallest absolute Gasteiger partial charge is 0.323 e.